The van der Waals surface area contributed by atoms with Crippen molar-refractivity contribution in [2.45, 2.75) is 18.9 Å². The van der Waals surface area contributed by atoms with Gasteiger partial charge in [-0.25, -0.2) is 4.79 Å². The number of rotatable bonds is 3. The number of nitrogens with one attached hydrogen (secondary N) is 2. The van der Waals surface area contributed by atoms with Gasteiger partial charge in [0.15, 0.2) is 5.82 Å². The smallest absolute Gasteiger partial charge is 0.320 e. The predicted molar refractivity (Wildman–Crippen MR) is 86.5 cm³/mol. The molecule has 3 aliphatic heterocycles. The molecule has 3 aliphatic rings. The number of nitrogens with zero attached hydrogens (tertiary/aromatic N) is 4. The van der Waals surface area contributed by atoms with Gasteiger partial charge in [0.1, 0.15) is 0 Å². The maximum Gasteiger partial charge on any atom is 0.320 e. The third-order valence-corrected chi connectivity index (χ3v) is 4.69. The Morgan fingerprint density at radius 3 is 2.65 bits per heavy atom. The molecule has 0 unspecified atom stereocenters. The molecule has 2 amide bonds. The largest absolute Gasteiger partial charge is 0.334 e. The molecule has 2 aromatic rings. The van der Waals surface area contributed by atoms with Gasteiger partial charge in [-0.3, -0.25) is 5.32 Å². The van der Waals surface area contributed by atoms with Crippen molar-refractivity contribution in [1.82, 2.24) is 25.2 Å². The summed E-state index contributed by atoms with van der Waals surface area (Å²) < 4.78 is 0. The number of para-hydroxylation sites is 1. The van der Waals surface area contributed by atoms with Crippen LogP contribution >= 0.6 is 0 Å². The van der Waals surface area contributed by atoms with E-state index >= 15 is 0 Å². The summed E-state index contributed by atoms with van der Waals surface area (Å²) in [4.78, 5) is 16.1. The standard InChI is InChI=1S/C16H20N6O/c23-16(18-14-11-21-8-6-12(14)7-9-21)19-15-10-17-22(20-15)13-4-2-1-3-5-13/h1-5,10,12,14H,6-9,11H2,(H2,18,19,20,23)/t14-/m0/s1. The first-order chi connectivity index (χ1) is 11.3. The normalized spacial score (nSPS) is 26.0. The summed E-state index contributed by atoms with van der Waals surface area (Å²) >= 11 is 0. The summed E-state index contributed by atoms with van der Waals surface area (Å²) in [6.45, 7) is 3.28. The van der Waals surface area contributed by atoms with Crippen molar-refractivity contribution in [1.29, 1.82) is 0 Å². The Labute approximate surface area is 134 Å². The Balaban J connectivity index is 1.37. The van der Waals surface area contributed by atoms with Crippen LogP contribution in [0.25, 0.3) is 5.69 Å². The lowest BCUT2D eigenvalue weighted by Crippen LogP contribution is -2.57. The monoisotopic (exact) mass is 312 g/mol. The first-order valence-corrected chi connectivity index (χ1v) is 8.05. The topological polar surface area (TPSA) is 75.1 Å². The fraction of sp³-hybridized carbons (Fsp3) is 0.438. The second-order valence-electron chi connectivity index (χ2n) is 6.20. The Morgan fingerprint density at radius 1 is 1.17 bits per heavy atom. The minimum absolute atomic E-state index is 0.205. The van der Waals surface area contributed by atoms with Crippen molar-refractivity contribution in [3.8, 4) is 5.69 Å². The summed E-state index contributed by atoms with van der Waals surface area (Å²) in [6, 6.07) is 9.64. The number of anilines is 1. The van der Waals surface area contributed by atoms with Gasteiger partial charge >= 0.3 is 6.03 Å². The fourth-order valence-corrected chi connectivity index (χ4v) is 3.46. The molecule has 120 valence electrons. The first kappa shape index (κ1) is 14.2. The summed E-state index contributed by atoms with van der Waals surface area (Å²) in [5.74, 6) is 1.05. The van der Waals surface area contributed by atoms with E-state index in [0.717, 1.165) is 25.3 Å². The molecule has 7 heteroatoms. The number of hydrogen-bond acceptors (Lipinski definition) is 4. The van der Waals surface area contributed by atoms with Crippen LogP contribution in [0.2, 0.25) is 0 Å². The number of benzene rings is 1. The quantitative estimate of drug-likeness (QED) is 0.900. The van der Waals surface area contributed by atoms with Crippen molar-refractivity contribution in [2.24, 2.45) is 5.92 Å². The van der Waals surface area contributed by atoms with Crippen LogP contribution in [-0.4, -0.2) is 51.6 Å². The van der Waals surface area contributed by atoms with Crippen molar-refractivity contribution in [3.05, 3.63) is 36.5 Å². The minimum Gasteiger partial charge on any atom is -0.334 e. The van der Waals surface area contributed by atoms with Gasteiger partial charge in [-0.2, -0.15) is 5.10 Å². The van der Waals surface area contributed by atoms with Gasteiger partial charge in [0.25, 0.3) is 0 Å². The van der Waals surface area contributed by atoms with Crippen LogP contribution in [0.15, 0.2) is 36.5 Å². The molecule has 3 saturated heterocycles. The van der Waals surface area contributed by atoms with E-state index in [9.17, 15) is 4.79 Å². The lowest BCUT2D eigenvalue weighted by atomic mass is 9.84. The highest BCUT2D eigenvalue weighted by atomic mass is 16.2. The lowest BCUT2D eigenvalue weighted by Gasteiger charge is -2.44. The third-order valence-electron chi connectivity index (χ3n) is 4.69. The van der Waals surface area contributed by atoms with Crippen LogP contribution in [0.5, 0.6) is 0 Å². The van der Waals surface area contributed by atoms with E-state index in [1.807, 2.05) is 30.3 Å². The second-order valence-corrected chi connectivity index (χ2v) is 6.20. The summed E-state index contributed by atoms with van der Waals surface area (Å²) in [7, 11) is 0. The Hall–Kier alpha value is -2.41. The van der Waals surface area contributed by atoms with E-state index < -0.39 is 0 Å². The van der Waals surface area contributed by atoms with Crippen LogP contribution < -0.4 is 10.6 Å². The van der Waals surface area contributed by atoms with E-state index in [0.29, 0.717) is 11.7 Å². The fourth-order valence-electron chi connectivity index (χ4n) is 3.46. The number of carbonyl (C=O) groups excluding carboxylic acids is 1. The number of piperidine rings is 3. The molecular formula is C16H20N6O. The maximum atomic E-state index is 12.2. The molecule has 4 heterocycles. The summed E-state index contributed by atoms with van der Waals surface area (Å²) in [5, 5.41) is 14.3. The molecule has 2 bridgehead atoms. The molecule has 3 fully saturated rings. The summed E-state index contributed by atoms with van der Waals surface area (Å²) in [5.41, 5.74) is 0.860. The van der Waals surface area contributed by atoms with Gasteiger partial charge in [-0.1, -0.05) is 18.2 Å². The van der Waals surface area contributed by atoms with E-state index in [2.05, 4.69) is 25.7 Å². The van der Waals surface area contributed by atoms with Crippen LogP contribution in [0.4, 0.5) is 10.6 Å². The van der Waals surface area contributed by atoms with Gasteiger partial charge < -0.3 is 10.2 Å². The number of aromatic nitrogens is 3. The average molecular weight is 312 g/mol. The Bertz CT molecular complexity index is 677. The zero-order chi connectivity index (χ0) is 15.6. The number of amides is 2. The van der Waals surface area contributed by atoms with Crippen LogP contribution in [0.3, 0.4) is 0 Å². The van der Waals surface area contributed by atoms with E-state index in [1.54, 1.807) is 6.20 Å². The van der Waals surface area contributed by atoms with Crippen molar-refractivity contribution in [3.63, 3.8) is 0 Å². The zero-order valence-corrected chi connectivity index (χ0v) is 12.9. The minimum atomic E-state index is -0.205. The van der Waals surface area contributed by atoms with E-state index in [-0.39, 0.29) is 12.1 Å². The molecule has 7 nitrogen and oxygen atoms in total. The molecule has 1 aromatic heterocycles. The maximum absolute atomic E-state index is 12.2. The summed E-state index contributed by atoms with van der Waals surface area (Å²) in [6.07, 6.45) is 3.91. The van der Waals surface area contributed by atoms with Crippen LogP contribution in [0.1, 0.15) is 12.8 Å². The van der Waals surface area contributed by atoms with Gasteiger partial charge in [-0.15, -0.1) is 9.90 Å². The van der Waals surface area contributed by atoms with Gasteiger partial charge in [0.2, 0.25) is 0 Å². The van der Waals surface area contributed by atoms with Crippen molar-refractivity contribution in [2.75, 3.05) is 25.0 Å². The van der Waals surface area contributed by atoms with Crippen molar-refractivity contribution >= 4 is 11.8 Å². The number of fused-ring (bicyclic) bond motifs is 3. The molecule has 0 spiro atoms. The average Bonchev–Trinajstić information content (AvgIpc) is 3.05. The molecule has 1 aromatic carbocycles. The molecule has 5 rings (SSSR count). The second kappa shape index (κ2) is 6.00. The zero-order valence-electron chi connectivity index (χ0n) is 12.9. The Kier molecular flexibility index (Phi) is 3.70. The molecule has 2 N–H and O–H groups in total. The number of urea groups is 1. The number of carbonyl (C=O) groups is 1. The van der Waals surface area contributed by atoms with E-state index in [1.165, 1.54) is 17.6 Å². The molecule has 0 aliphatic carbocycles. The molecule has 1 atom stereocenters. The van der Waals surface area contributed by atoms with Crippen molar-refractivity contribution < 1.29 is 4.79 Å². The predicted octanol–water partition coefficient (Wildman–Crippen LogP) is 1.48. The highest BCUT2D eigenvalue weighted by molar-refractivity contribution is 5.88. The first-order valence-electron chi connectivity index (χ1n) is 8.05. The van der Waals surface area contributed by atoms with E-state index in [4.69, 9.17) is 0 Å². The molecular weight excluding hydrogens is 292 g/mol. The third kappa shape index (κ3) is 3.05. The van der Waals surface area contributed by atoms with Crippen LogP contribution in [0, 0.1) is 5.92 Å². The van der Waals surface area contributed by atoms with Gasteiger partial charge in [-0.05, 0) is 44.0 Å². The van der Waals surface area contributed by atoms with Gasteiger partial charge in [0.05, 0.1) is 11.9 Å². The number of hydrogen-bond donors (Lipinski definition) is 2. The molecule has 0 radical (unpaired) electrons. The molecule has 0 saturated carbocycles. The SMILES string of the molecule is O=C(Nc1cnn(-c2ccccc2)n1)N[C@H]1CN2CCC1CC2. The van der Waals surface area contributed by atoms with Crippen LogP contribution in [-0.2, 0) is 0 Å². The lowest BCUT2D eigenvalue weighted by molar-refractivity contribution is 0.0776. The Morgan fingerprint density at radius 2 is 1.96 bits per heavy atom. The van der Waals surface area contributed by atoms with Gasteiger partial charge in [0, 0.05) is 12.6 Å². The highest BCUT2D eigenvalue weighted by Crippen LogP contribution is 2.27. The highest BCUT2D eigenvalue weighted by Gasteiger charge is 2.34. The molecule has 23 heavy (non-hydrogen) atoms.